The summed E-state index contributed by atoms with van der Waals surface area (Å²) in [6, 6.07) is 0. The first-order valence-corrected chi connectivity index (χ1v) is 5.48. The zero-order valence-corrected chi connectivity index (χ0v) is 10.4. The summed E-state index contributed by atoms with van der Waals surface area (Å²) in [4.78, 5) is 0. The molecule has 0 aromatic carbocycles. The van der Waals surface area contributed by atoms with E-state index in [0.717, 1.165) is 22.6 Å². The van der Waals surface area contributed by atoms with Gasteiger partial charge in [-0.1, -0.05) is 0 Å². The molecule has 0 saturated heterocycles. The molecule has 1 atom stereocenters. The van der Waals surface area contributed by atoms with Crippen LogP contribution in [0.3, 0.4) is 0 Å². The number of aryl methyl sites for hydroxylation is 2. The molecule has 2 aromatic rings. The molecule has 5 heteroatoms. The van der Waals surface area contributed by atoms with Crippen molar-refractivity contribution in [3.8, 4) is 11.5 Å². The third-order valence-electron chi connectivity index (χ3n) is 2.56. The van der Waals surface area contributed by atoms with Crippen molar-refractivity contribution in [3.05, 3.63) is 23.0 Å². The first kappa shape index (κ1) is 11.2. The van der Waals surface area contributed by atoms with Gasteiger partial charge in [-0.25, -0.2) is 0 Å². The summed E-state index contributed by atoms with van der Waals surface area (Å²) in [5.74, 6) is 2.54. The molecule has 0 spiro atoms. The van der Waals surface area contributed by atoms with Crippen molar-refractivity contribution in [1.82, 2.24) is 10.2 Å². The zero-order valence-electron chi connectivity index (χ0n) is 9.67. The van der Waals surface area contributed by atoms with Crippen LogP contribution in [0, 0.1) is 20.8 Å². The molecular formula is C11H13ClN2O2. The standard InChI is InChI=1S/C11H13ClN2O2/c1-5-7(3)15-8(4)9(5)11-14-13-10(16-11)6(2)12/h6H,1-4H3. The van der Waals surface area contributed by atoms with Crippen LogP contribution in [0.4, 0.5) is 0 Å². The highest BCUT2D eigenvalue weighted by molar-refractivity contribution is 6.20. The zero-order chi connectivity index (χ0) is 11.9. The molecule has 2 heterocycles. The van der Waals surface area contributed by atoms with Gasteiger partial charge in [-0.3, -0.25) is 0 Å². The van der Waals surface area contributed by atoms with E-state index in [0.29, 0.717) is 11.8 Å². The fourth-order valence-corrected chi connectivity index (χ4v) is 1.69. The van der Waals surface area contributed by atoms with E-state index in [2.05, 4.69) is 10.2 Å². The molecule has 1 unspecified atom stereocenters. The molecule has 0 aliphatic heterocycles. The van der Waals surface area contributed by atoms with Gasteiger partial charge in [-0.05, 0) is 27.7 Å². The van der Waals surface area contributed by atoms with Crippen LogP contribution < -0.4 is 0 Å². The summed E-state index contributed by atoms with van der Waals surface area (Å²) in [6.07, 6.45) is 0. The van der Waals surface area contributed by atoms with E-state index in [1.54, 1.807) is 6.92 Å². The van der Waals surface area contributed by atoms with Gasteiger partial charge in [-0.15, -0.1) is 21.8 Å². The quantitative estimate of drug-likeness (QED) is 0.754. The van der Waals surface area contributed by atoms with Gasteiger partial charge in [0.05, 0.1) is 5.56 Å². The summed E-state index contributed by atoms with van der Waals surface area (Å²) in [7, 11) is 0. The van der Waals surface area contributed by atoms with Crippen LogP contribution in [0.2, 0.25) is 0 Å². The normalized spacial score (nSPS) is 13.1. The number of aromatic nitrogens is 2. The van der Waals surface area contributed by atoms with Gasteiger partial charge < -0.3 is 8.83 Å². The van der Waals surface area contributed by atoms with Crippen LogP contribution in [0.1, 0.15) is 35.3 Å². The monoisotopic (exact) mass is 240 g/mol. The number of hydrogen-bond donors (Lipinski definition) is 0. The smallest absolute Gasteiger partial charge is 0.251 e. The first-order chi connectivity index (χ1) is 7.50. The van der Waals surface area contributed by atoms with Crippen molar-refractivity contribution in [2.75, 3.05) is 0 Å². The average molecular weight is 241 g/mol. The van der Waals surface area contributed by atoms with Crippen LogP contribution in [0.5, 0.6) is 0 Å². The fraction of sp³-hybridized carbons (Fsp3) is 0.455. The Morgan fingerprint density at radius 2 is 1.75 bits per heavy atom. The molecule has 2 rings (SSSR count). The van der Waals surface area contributed by atoms with Crippen LogP contribution in [0.25, 0.3) is 11.5 Å². The Morgan fingerprint density at radius 1 is 1.06 bits per heavy atom. The van der Waals surface area contributed by atoms with E-state index in [1.807, 2.05) is 20.8 Å². The van der Waals surface area contributed by atoms with Gasteiger partial charge in [0.2, 0.25) is 5.89 Å². The molecule has 0 saturated carbocycles. The molecule has 0 amide bonds. The maximum Gasteiger partial charge on any atom is 0.251 e. The molecule has 4 nitrogen and oxygen atoms in total. The Bertz CT molecular complexity index is 514. The summed E-state index contributed by atoms with van der Waals surface area (Å²) in [5.41, 5.74) is 1.89. The first-order valence-electron chi connectivity index (χ1n) is 5.05. The van der Waals surface area contributed by atoms with Gasteiger partial charge >= 0.3 is 0 Å². The Morgan fingerprint density at radius 3 is 2.19 bits per heavy atom. The molecule has 0 aliphatic carbocycles. The Balaban J connectivity index is 2.50. The largest absolute Gasteiger partial charge is 0.466 e. The van der Waals surface area contributed by atoms with E-state index in [9.17, 15) is 0 Å². The van der Waals surface area contributed by atoms with Gasteiger partial charge in [0.1, 0.15) is 16.9 Å². The van der Waals surface area contributed by atoms with Crippen molar-refractivity contribution in [2.24, 2.45) is 0 Å². The average Bonchev–Trinajstić information content (AvgIpc) is 2.74. The molecule has 0 N–H and O–H groups in total. The van der Waals surface area contributed by atoms with Crippen molar-refractivity contribution in [3.63, 3.8) is 0 Å². The number of hydrogen-bond acceptors (Lipinski definition) is 4. The molecule has 16 heavy (non-hydrogen) atoms. The molecule has 0 fully saturated rings. The summed E-state index contributed by atoms with van der Waals surface area (Å²) >= 11 is 5.87. The second-order valence-corrected chi connectivity index (χ2v) is 4.43. The lowest BCUT2D eigenvalue weighted by Crippen LogP contribution is -1.82. The highest BCUT2D eigenvalue weighted by Crippen LogP contribution is 2.31. The Hall–Kier alpha value is -1.29. The number of rotatable bonds is 2. The van der Waals surface area contributed by atoms with E-state index in [-0.39, 0.29) is 5.38 Å². The van der Waals surface area contributed by atoms with Crippen molar-refractivity contribution in [2.45, 2.75) is 33.1 Å². The molecule has 0 aliphatic rings. The number of furan rings is 1. The number of alkyl halides is 1. The van der Waals surface area contributed by atoms with Crippen molar-refractivity contribution in [1.29, 1.82) is 0 Å². The Labute approximate surface area is 98.6 Å². The molecule has 0 bridgehead atoms. The highest BCUT2D eigenvalue weighted by Gasteiger charge is 2.20. The number of halogens is 1. The van der Waals surface area contributed by atoms with E-state index < -0.39 is 0 Å². The molecule has 2 aromatic heterocycles. The fourth-order valence-electron chi connectivity index (χ4n) is 1.60. The lowest BCUT2D eigenvalue weighted by molar-refractivity contribution is 0.493. The molecular weight excluding hydrogens is 228 g/mol. The minimum absolute atomic E-state index is 0.283. The van der Waals surface area contributed by atoms with E-state index >= 15 is 0 Å². The third kappa shape index (κ3) is 1.73. The lowest BCUT2D eigenvalue weighted by atomic mass is 10.1. The highest BCUT2D eigenvalue weighted by atomic mass is 35.5. The second-order valence-electron chi connectivity index (χ2n) is 3.78. The molecule has 0 radical (unpaired) electrons. The SMILES string of the molecule is Cc1oc(C)c(-c2nnc(C(C)Cl)o2)c1C. The maximum atomic E-state index is 5.87. The van der Waals surface area contributed by atoms with Crippen molar-refractivity contribution >= 4 is 11.6 Å². The topological polar surface area (TPSA) is 52.1 Å². The third-order valence-corrected chi connectivity index (χ3v) is 2.74. The van der Waals surface area contributed by atoms with Gasteiger partial charge in [-0.2, -0.15) is 0 Å². The second kappa shape index (κ2) is 3.94. The predicted octanol–water partition coefficient (Wildman–Crippen LogP) is 3.55. The van der Waals surface area contributed by atoms with E-state index in [1.165, 1.54) is 0 Å². The van der Waals surface area contributed by atoms with Crippen LogP contribution in [-0.2, 0) is 0 Å². The van der Waals surface area contributed by atoms with Crippen LogP contribution >= 0.6 is 11.6 Å². The number of nitrogens with zero attached hydrogens (tertiary/aromatic N) is 2. The van der Waals surface area contributed by atoms with Crippen LogP contribution in [0.15, 0.2) is 8.83 Å². The van der Waals surface area contributed by atoms with Gasteiger partial charge in [0.15, 0.2) is 0 Å². The maximum absolute atomic E-state index is 5.87. The lowest BCUT2D eigenvalue weighted by Gasteiger charge is -1.94. The van der Waals surface area contributed by atoms with E-state index in [4.69, 9.17) is 20.4 Å². The van der Waals surface area contributed by atoms with Gasteiger partial charge in [0, 0.05) is 5.56 Å². The summed E-state index contributed by atoms with van der Waals surface area (Å²) in [6.45, 7) is 7.55. The molecule has 86 valence electrons. The minimum atomic E-state index is -0.283. The minimum Gasteiger partial charge on any atom is -0.466 e. The summed E-state index contributed by atoms with van der Waals surface area (Å²) in [5, 5.41) is 7.59. The van der Waals surface area contributed by atoms with Crippen LogP contribution in [-0.4, -0.2) is 10.2 Å². The van der Waals surface area contributed by atoms with Gasteiger partial charge in [0.25, 0.3) is 5.89 Å². The predicted molar refractivity (Wildman–Crippen MR) is 60.5 cm³/mol. The summed E-state index contributed by atoms with van der Waals surface area (Å²) < 4.78 is 11.0. The Kier molecular flexibility index (Phi) is 2.76. The van der Waals surface area contributed by atoms with Crippen molar-refractivity contribution < 1.29 is 8.83 Å².